The second-order valence-electron chi connectivity index (χ2n) is 10.2. The van der Waals surface area contributed by atoms with Gasteiger partial charge in [-0.25, -0.2) is 9.79 Å². The summed E-state index contributed by atoms with van der Waals surface area (Å²) in [6.45, 7) is 7.95. The van der Waals surface area contributed by atoms with Crippen LogP contribution in [0.15, 0.2) is 86.2 Å². The van der Waals surface area contributed by atoms with Crippen molar-refractivity contribution >= 4 is 45.0 Å². The van der Waals surface area contributed by atoms with E-state index in [1.165, 1.54) is 23.5 Å². The van der Waals surface area contributed by atoms with Crippen LogP contribution in [0.5, 0.6) is 11.5 Å². The number of fused-ring (bicyclic) bond motifs is 1. The number of rotatable bonds is 10. The molecule has 0 N–H and O–H groups in total. The molecular formula is C33H30BrN3O7S. The minimum absolute atomic E-state index is 0.0220. The maximum absolute atomic E-state index is 14.0. The Bertz CT molecular complexity index is 2000. The standard InChI is InChI=1S/C33H30BrN3O7S/c1-5-42-26-16-22(15-25(34)30(26)44-18-21-8-7-9-24(14-21)37(40)41)17-27-31(38)36-29(23-12-10-19(3)11-13-23)28(32(39)43-6-2)20(4)35-33(36)45-27/h7-17,29H,5-6,18H2,1-4H3/b27-17+/t29-/m0/s1. The number of aryl methyl sites for hydroxylation is 1. The Morgan fingerprint density at radius 1 is 1.09 bits per heavy atom. The number of halogens is 1. The van der Waals surface area contributed by atoms with Crippen LogP contribution in [0.3, 0.4) is 0 Å². The van der Waals surface area contributed by atoms with Crippen LogP contribution in [-0.4, -0.2) is 28.7 Å². The molecule has 10 nitrogen and oxygen atoms in total. The highest BCUT2D eigenvalue weighted by Crippen LogP contribution is 2.38. The number of nitro benzene ring substituents is 1. The Labute approximate surface area is 271 Å². The first kappa shape index (κ1) is 31.9. The number of nitro groups is 1. The fraction of sp³-hybridized carbons (Fsp3) is 0.242. The monoisotopic (exact) mass is 691 g/mol. The molecule has 45 heavy (non-hydrogen) atoms. The number of nitrogens with zero attached hydrogens (tertiary/aromatic N) is 3. The summed E-state index contributed by atoms with van der Waals surface area (Å²) < 4.78 is 19.8. The molecule has 5 rings (SSSR count). The molecule has 232 valence electrons. The van der Waals surface area contributed by atoms with Crippen LogP contribution < -0.4 is 24.4 Å². The highest BCUT2D eigenvalue weighted by Gasteiger charge is 2.33. The number of carbonyl (C=O) groups excluding carboxylic acids is 1. The number of hydrogen-bond acceptors (Lipinski definition) is 9. The van der Waals surface area contributed by atoms with Gasteiger partial charge in [-0.15, -0.1) is 0 Å². The third-order valence-corrected chi connectivity index (χ3v) is 8.62. The summed E-state index contributed by atoms with van der Waals surface area (Å²) >= 11 is 4.80. The quantitative estimate of drug-likeness (QED) is 0.118. The maximum atomic E-state index is 14.0. The van der Waals surface area contributed by atoms with Crippen molar-refractivity contribution < 1.29 is 23.9 Å². The molecule has 1 aliphatic rings. The number of hydrogen-bond donors (Lipinski definition) is 0. The highest BCUT2D eigenvalue weighted by atomic mass is 79.9. The summed E-state index contributed by atoms with van der Waals surface area (Å²) in [6, 6.07) is 16.8. The number of esters is 1. The van der Waals surface area contributed by atoms with Gasteiger partial charge in [-0.1, -0.05) is 53.3 Å². The first-order valence-corrected chi connectivity index (χ1v) is 15.8. The van der Waals surface area contributed by atoms with E-state index in [1.807, 2.05) is 38.1 Å². The number of thiazole rings is 1. The molecule has 0 fully saturated rings. The van der Waals surface area contributed by atoms with Gasteiger partial charge in [0, 0.05) is 12.1 Å². The largest absolute Gasteiger partial charge is 0.490 e. The predicted molar refractivity (Wildman–Crippen MR) is 174 cm³/mol. The molecule has 2 heterocycles. The predicted octanol–water partition coefficient (Wildman–Crippen LogP) is 5.76. The molecular weight excluding hydrogens is 662 g/mol. The Kier molecular flexibility index (Phi) is 9.64. The molecule has 0 unspecified atom stereocenters. The molecule has 1 aliphatic heterocycles. The van der Waals surface area contributed by atoms with E-state index in [0.29, 0.717) is 54.3 Å². The zero-order valence-electron chi connectivity index (χ0n) is 25.0. The number of allylic oxidation sites excluding steroid dienone is 1. The van der Waals surface area contributed by atoms with Crippen molar-refractivity contribution in [2.24, 2.45) is 4.99 Å². The van der Waals surface area contributed by atoms with Gasteiger partial charge in [-0.3, -0.25) is 19.5 Å². The second kappa shape index (κ2) is 13.6. The van der Waals surface area contributed by atoms with Gasteiger partial charge in [-0.2, -0.15) is 0 Å². The van der Waals surface area contributed by atoms with Crippen molar-refractivity contribution in [3.05, 3.63) is 128 Å². The number of carbonyl (C=O) groups is 1. The summed E-state index contributed by atoms with van der Waals surface area (Å²) in [5, 5.41) is 11.2. The van der Waals surface area contributed by atoms with Gasteiger partial charge in [0.15, 0.2) is 16.3 Å². The second-order valence-corrected chi connectivity index (χ2v) is 12.1. The SMILES string of the molecule is CCOC(=O)C1=C(C)N=c2s/c(=C/c3cc(Br)c(OCc4cccc([N+](=O)[O-])c4)c(OCC)c3)c(=O)n2[C@H]1c1ccc(C)cc1. The van der Waals surface area contributed by atoms with Crippen LogP contribution in [0.4, 0.5) is 5.69 Å². The first-order valence-electron chi connectivity index (χ1n) is 14.2. The van der Waals surface area contributed by atoms with E-state index in [4.69, 9.17) is 14.2 Å². The molecule has 1 atom stereocenters. The zero-order chi connectivity index (χ0) is 32.2. The molecule has 0 radical (unpaired) electrons. The lowest BCUT2D eigenvalue weighted by atomic mass is 9.95. The number of ether oxygens (including phenoxy) is 3. The molecule has 0 saturated carbocycles. The lowest BCUT2D eigenvalue weighted by Crippen LogP contribution is -2.39. The van der Waals surface area contributed by atoms with E-state index in [2.05, 4.69) is 20.9 Å². The van der Waals surface area contributed by atoms with Gasteiger partial charge in [-0.05, 0) is 78.5 Å². The summed E-state index contributed by atoms with van der Waals surface area (Å²) in [6.07, 6.45) is 1.75. The third-order valence-electron chi connectivity index (χ3n) is 7.04. The molecule has 1 aromatic heterocycles. The first-order chi connectivity index (χ1) is 21.6. The van der Waals surface area contributed by atoms with Crippen molar-refractivity contribution in [2.45, 2.75) is 40.3 Å². The average Bonchev–Trinajstić information content (AvgIpc) is 3.30. The minimum Gasteiger partial charge on any atom is -0.490 e. The summed E-state index contributed by atoms with van der Waals surface area (Å²) in [7, 11) is 0. The Hall–Kier alpha value is -4.55. The third kappa shape index (κ3) is 6.76. The van der Waals surface area contributed by atoms with Crippen LogP contribution in [0, 0.1) is 17.0 Å². The van der Waals surface area contributed by atoms with Gasteiger partial charge in [0.2, 0.25) is 0 Å². The van der Waals surface area contributed by atoms with Crippen LogP contribution in [0.25, 0.3) is 6.08 Å². The molecule has 0 spiro atoms. The van der Waals surface area contributed by atoms with Gasteiger partial charge in [0.05, 0.1) is 44.5 Å². The minimum atomic E-state index is -0.696. The Morgan fingerprint density at radius 3 is 2.53 bits per heavy atom. The van der Waals surface area contributed by atoms with Crippen LogP contribution in [0.1, 0.15) is 49.1 Å². The molecule has 0 bridgehead atoms. The fourth-order valence-corrected chi connectivity index (χ4v) is 6.62. The lowest BCUT2D eigenvalue weighted by molar-refractivity contribution is -0.384. The zero-order valence-corrected chi connectivity index (χ0v) is 27.4. The average molecular weight is 693 g/mol. The lowest BCUT2D eigenvalue weighted by Gasteiger charge is -2.24. The van der Waals surface area contributed by atoms with Gasteiger partial charge < -0.3 is 14.2 Å². The van der Waals surface area contributed by atoms with Crippen LogP contribution >= 0.6 is 27.3 Å². The van der Waals surface area contributed by atoms with Crippen molar-refractivity contribution in [1.29, 1.82) is 0 Å². The molecule has 4 aromatic rings. The van der Waals surface area contributed by atoms with Crippen LogP contribution in [-0.2, 0) is 16.1 Å². The van der Waals surface area contributed by atoms with E-state index >= 15 is 0 Å². The normalized spacial score (nSPS) is 14.5. The topological polar surface area (TPSA) is 122 Å². The number of benzene rings is 3. The Morgan fingerprint density at radius 2 is 1.84 bits per heavy atom. The highest BCUT2D eigenvalue weighted by molar-refractivity contribution is 9.10. The van der Waals surface area contributed by atoms with Gasteiger partial charge >= 0.3 is 5.97 Å². The maximum Gasteiger partial charge on any atom is 0.338 e. The van der Waals surface area contributed by atoms with E-state index in [1.54, 1.807) is 48.8 Å². The molecule has 12 heteroatoms. The van der Waals surface area contributed by atoms with E-state index in [-0.39, 0.29) is 24.5 Å². The van der Waals surface area contributed by atoms with Crippen molar-refractivity contribution in [1.82, 2.24) is 4.57 Å². The smallest absolute Gasteiger partial charge is 0.338 e. The van der Waals surface area contributed by atoms with E-state index < -0.39 is 16.9 Å². The van der Waals surface area contributed by atoms with E-state index in [9.17, 15) is 19.7 Å². The molecule has 0 aliphatic carbocycles. The summed E-state index contributed by atoms with van der Waals surface area (Å²) in [5.74, 6) is 0.356. The van der Waals surface area contributed by atoms with Gasteiger partial charge in [0.1, 0.15) is 6.61 Å². The van der Waals surface area contributed by atoms with Gasteiger partial charge in [0.25, 0.3) is 11.2 Å². The van der Waals surface area contributed by atoms with E-state index in [0.717, 1.165) is 11.1 Å². The molecule has 3 aromatic carbocycles. The fourth-order valence-electron chi connectivity index (χ4n) is 5.00. The van der Waals surface area contributed by atoms with Crippen molar-refractivity contribution in [3.63, 3.8) is 0 Å². The summed E-state index contributed by atoms with van der Waals surface area (Å²) in [4.78, 5) is 42.9. The molecule has 0 saturated heterocycles. The van der Waals surface area contributed by atoms with Crippen molar-refractivity contribution in [3.8, 4) is 11.5 Å². The Balaban J connectivity index is 1.56. The number of non-ortho nitro benzene ring substituents is 1. The summed E-state index contributed by atoms with van der Waals surface area (Å²) in [5.41, 5.74) is 3.64. The molecule has 0 amide bonds. The number of aromatic nitrogens is 1. The van der Waals surface area contributed by atoms with Crippen molar-refractivity contribution in [2.75, 3.05) is 13.2 Å². The van der Waals surface area contributed by atoms with Crippen LogP contribution in [0.2, 0.25) is 0 Å².